The highest BCUT2D eigenvalue weighted by molar-refractivity contribution is 5.64. The third-order valence-corrected chi connectivity index (χ3v) is 4.09. The average molecular weight is 292 g/mol. The van der Waals surface area contributed by atoms with Crippen molar-refractivity contribution in [3.63, 3.8) is 0 Å². The zero-order valence-corrected chi connectivity index (χ0v) is 11.4. The summed E-state index contributed by atoms with van der Waals surface area (Å²) in [6.07, 6.45) is 1.24. The number of rotatable bonds is 3. The number of piperidine rings is 3. The van der Waals surface area contributed by atoms with Crippen molar-refractivity contribution in [1.29, 1.82) is 0 Å². The van der Waals surface area contributed by atoms with Gasteiger partial charge in [-0.2, -0.15) is 0 Å². The van der Waals surface area contributed by atoms with Crippen molar-refractivity contribution in [3.05, 3.63) is 34.4 Å². The maximum Gasteiger partial charge on any atom is 0.514 e. The Morgan fingerprint density at radius 3 is 2.43 bits per heavy atom. The molecule has 112 valence electrons. The predicted octanol–water partition coefficient (Wildman–Crippen LogP) is 2.20. The van der Waals surface area contributed by atoms with E-state index in [2.05, 4.69) is 4.90 Å². The highest BCUT2D eigenvalue weighted by Gasteiger charge is 2.36. The van der Waals surface area contributed by atoms with Crippen LogP contribution in [0.1, 0.15) is 12.8 Å². The van der Waals surface area contributed by atoms with Crippen LogP contribution in [0.2, 0.25) is 0 Å². The summed E-state index contributed by atoms with van der Waals surface area (Å²) in [7, 11) is 0. The van der Waals surface area contributed by atoms with Gasteiger partial charge in [-0.05, 0) is 44.0 Å². The van der Waals surface area contributed by atoms with Crippen molar-refractivity contribution < 1.29 is 19.2 Å². The third kappa shape index (κ3) is 3.13. The third-order valence-electron chi connectivity index (χ3n) is 4.09. The fourth-order valence-electron chi connectivity index (χ4n) is 2.92. The number of ether oxygens (including phenoxy) is 2. The number of non-ortho nitro benzene ring substituents is 1. The largest absolute Gasteiger partial charge is 0.514 e. The van der Waals surface area contributed by atoms with Crippen LogP contribution in [0.25, 0.3) is 0 Å². The molecule has 2 bridgehead atoms. The summed E-state index contributed by atoms with van der Waals surface area (Å²) in [5.41, 5.74) is -0.0480. The Kier molecular flexibility index (Phi) is 3.74. The number of nitro benzene ring substituents is 1. The smallest absolute Gasteiger partial charge is 0.429 e. The molecule has 4 rings (SSSR count). The first-order chi connectivity index (χ1) is 10.1. The molecule has 3 aliphatic heterocycles. The molecule has 0 unspecified atom stereocenters. The van der Waals surface area contributed by atoms with E-state index >= 15 is 0 Å². The number of carbonyl (C=O) groups excluding carboxylic acids is 1. The molecule has 7 heteroatoms. The number of hydrogen-bond donors (Lipinski definition) is 0. The number of hydrogen-bond acceptors (Lipinski definition) is 6. The molecule has 0 saturated carbocycles. The zero-order chi connectivity index (χ0) is 14.8. The molecule has 3 aliphatic rings. The number of carbonyl (C=O) groups is 1. The summed E-state index contributed by atoms with van der Waals surface area (Å²) in [4.78, 5) is 24.1. The second-order valence-corrected chi connectivity index (χ2v) is 5.40. The van der Waals surface area contributed by atoms with E-state index in [0.717, 1.165) is 32.5 Å². The lowest BCUT2D eigenvalue weighted by molar-refractivity contribution is -0.384. The number of fused-ring (bicyclic) bond motifs is 3. The van der Waals surface area contributed by atoms with E-state index in [4.69, 9.17) is 9.47 Å². The van der Waals surface area contributed by atoms with Crippen LogP contribution in [-0.2, 0) is 4.74 Å². The molecule has 1 aromatic rings. The average Bonchev–Trinajstić information content (AvgIpc) is 2.49. The van der Waals surface area contributed by atoms with Crippen molar-refractivity contribution in [2.24, 2.45) is 5.92 Å². The fraction of sp³-hybridized carbons (Fsp3) is 0.500. The van der Waals surface area contributed by atoms with Gasteiger partial charge in [0.1, 0.15) is 11.9 Å². The molecule has 0 radical (unpaired) electrons. The quantitative estimate of drug-likeness (QED) is 0.367. The molecule has 1 aromatic carbocycles. The van der Waals surface area contributed by atoms with Crippen LogP contribution >= 0.6 is 0 Å². The Bertz CT molecular complexity index is 537. The maximum atomic E-state index is 11.8. The van der Waals surface area contributed by atoms with Gasteiger partial charge in [0.05, 0.1) is 4.92 Å². The van der Waals surface area contributed by atoms with Gasteiger partial charge < -0.3 is 9.47 Å². The molecule has 1 atom stereocenters. The van der Waals surface area contributed by atoms with Crippen molar-refractivity contribution in [3.8, 4) is 5.75 Å². The molecular formula is C14H16N2O5. The Morgan fingerprint density at radius 2 is 1.90 bits per heavy atom. The zero-order valence-electron chi connectivity index (χ0n) is 11.4. The van der Waals surface area contributed by atoms with Crippen LogP contribution in [0.3, 0.4) is 0 Å². The molecule has 0 aromatic heterocycles. The van der Waals surface area contributed by atoms with E-state index in [0.29, 0.717) is 5.92 Å². The monoisotopic (exact) mass is 292 g/mol. The maximum absolute atomic E-state index is 11.8. The highest BCUT2D eigenvalue weighted by atomic mass is 16.7. The standard InChI is InChI=1S/C14H16N2O5/c17-14(20-12-3-1-11(2-4-12)16(18)19)21-13-9-15-7-5-10(13)6-8-15/h1-4,10,13H,5-9H2/t13-/m1/s1. The molecule has 0 spiro atoms. The molecule has 0 N–H and O–H groups in total. The SMILES string of the molecule is O=C(Oc1ccc([N+](=O)[O-])cc1)O[C@@H]1CN2CCC1CC2. The minimum Gasteiger partial charge on any atom is -0.429 e. The predicted molar refractivity (Wildman–Crippen MR) is 73.2 cm³/mol. The molecule has 3 heterocycles. The summed E-state index contributed by atoms with van der Waals surface area (Å²) in [5, 5.41) is 10.5. The van der Waals surface area contributed by atoms with Crippen molar-refractivity contribution >= 4 is 11.8 Å². The van der Waals surface area contributed by atoms with Gasteiger partial charge in [0.15, 0.2) is 0 Å². The first-order valence-corrected chi connectivity index (χ1v) is 6.97. The lowest BCUT2D eigenvalue weighted by Crippen LogP contribution is -2.52. The minimum atomic E-state index is -0.748. The topological polar surface area (TPSA) is 81.9 Å². The molecule has 0 amide bonds. The van der Waals surface area contributed by atoms with Crippen molar-refractivity contribution in [2.75, 3.05) is 19.6 Å². The van der Waals surface area contributed by atoms with Gasteiger partial charge in [-0.1, -0.05) is 0 Å². The summed E-state index contributed by atoms with van der Waals surface area (Å²) in [6, 6.07) is 5.35. The van der Waals surface area contributed by atoms with Crippen LogP contribution in [-0.4, -0.2) is 41.7 Å². The van der Waals surface area contributed by atoms with Crippen LogP contribution in [0.5, 0.6) is 5.75 Å². The van der Waals surface area contributed by atoms with Gasteiger partial charge in [0.2, 0.25) is 0 Å². The van der Waals surface area contributed by atoms with E-state index in [9.17, 15) is 14.9 Å². The van der Waals surface area contributed by atoms with Crippen LogP contribution < -0.4 is 4.74 Å². The Labute approximate surface area is 121 Å². The normalized spacial score (nSPS) is 27.1. The van der Waals surface area contributed by atoms with Crippen molar-refractivity contribution in [1.82, 2.24) is 4.90 Å². The minimum absolute atomic E-state index is 0.0480. The molecule has 21 heavy (non-hydrogen) atoms. The Morgan fingerprint density at radius 1 is 1.24 bits per heavy atom. The molecule has 3 fully saturated rings. The van der Waals surface area contributed by atoms with Crippen LogP contribution in [0, 0.1) is 16.0 Å². The lowest BCUT2D eigenvalue weighted by atomic mass is 9.86. The second-order valence-electron chi connectivity index (χ2n) is 5.40. The van der Waals surface area contributed by atoms with Crippen LogP contribution in [0.15, 0.2) is 24.3 Å². The molecular weight excluding hydrogens is 276 g/mol. The summed E-state index contributed by atoms with van der Waals surface area (Å²) < 4.78 is 10.4. The first kappa shape index (κ1) is 13.8. The molecule has 7 nitrogen and oxygen atoms in total. The van der Waals surface area contributed by atoms with Crippen molar-refractivity contribution in [2.45, 2.75) is 18.9 Å². The molecule has 0 aliphatic carbocycles. The van der Waals surface area contributed by atoms with Crippen LogP contribution in [0.4, 0.5) is 10.5 Å². The first-order valence-electron chi connectivity index (χ1n) is 6.97. The van der Waals surface area contributed by atoms with E-state index in [1.165, 1.54) is 24.3 Å². The van der Waals surface area contributed by atoms with Gasteiger partial charge in [0, 0.05) is 18.7 Å². The van der Waals surface area contributed by atoms with Gasteiger partial charge >= 0.3 is 6.16 Å². The fourth-order valence-corrected chi connectivity index (χ4v) is 2.92. The Hall–Kier alpha value is -2.15. The van der Waals surface area contributed by atoms with Gasteiger partial charge in [-0.3, -0.25) is 15.0 Å². The van der Waals surface area contributed by atoms with E-state index in [1.54, 1.807) is 0 Å². The van der Waals surface area contributed by atoms with Gasteiger partial charge in [-0.15, -0.1) is 0 Å². The van der Waals surface area contributed by atoms with E-state index in [1.807, 2.05) is 0 Å². The number of nitrogens with zero attached hydrogens (tertiary/aromatic N) is 2. The summed E-state index contributed by atoms with van der Waals surface area (Å²) in [6.45, 7) is 2.91. The number of benzene rings is 1. The Balaban J connectivity index is 1.55. The van der Waals surface area contributed by atoms with E-state index in [-0.39, 0.29) is 17.5 Å². The lowest BCUT2D eigenvalue weighted by Gasteiger charge is -2.43. The second kappa shape index (κ2) is 5.69. The molecule has 3 saturated heterocycles. The highest BCUT2D eigenvalue weighted by Crippen LogP contribution is 2.30. The van der Waals surface area contributed by atoms with Gasteiger partial charge in [-0.25, -0.2) is 4.79 Å². The summed E-state index contributed by atoms with van der Waals surface area (Å²) in [5.74, 6) is 0.659. The summed E-state index contributed by atoms with van der Waals surface area (Å²) >= 11 is 0. The number of nitro groups is 1. The van der Waals surface area contributed by atoms with E-state index < -0.39 is 11.1 Å². The van der Waals surface area contributed by atoms with Gasteiger partial charge in [0.25, 0.3) is 5.69 Å².